The lowest BCUT2D eigenvalue weighted by Gasteiger charge is -2.19. The predicted molar refractivity (Wildman–Crippen MR) is 66.8 cm³/mol. The number of carboxylic acids is 1. The Morgan fingerprint density at radius 1 is 1.40 bits per heavy atom. The van der Waals surface area contributed by atoms with Gasteiger partial charge in [0.15, 0.2) is 0 Å². The van der Waals surface area contributed by atoms with Gasteiger partial charge in [0.05, 0.1) is 5.41 Å². The lowest BCUT2D eigenvalue weighted by atomic mass is 9.94. The Labute approximate surface area is 114 Å². The van der Waals surface area contributed by atoms with Gasteiger partial charge in [-0.05, 0) is 32.0 Å². The minimum Gasteiger partial charge on any atom is -0.481 e. The summed E-state index contributed by atoms with van der Waals surface area (Å²) in [7, 11) is 0. The average Bonchev–Trinajstić information content (AvgIpc) is 2.35. The molecule has 1 rings (SSSR count). The summed E-state index contributed by atoms with van der Waals surface area (Å²) in [5.74, 6) is -1.74. The number of carboxylic acid groups (broad SMARTS) is 1. The molecule has 0 heterocycles. The summed E-state index contributed by atoms with van der Waals surface area (Å²) in [6.45, 7) is -0.127. The molecule has 2 N–H and O–H groups in total. The third kappa shape index (κ3) is 4.49. The fraction of sp³-hybridized carbons (Fsp3) is 0.385. The number of halogens is 2. The van der Waals surface area contributed by atoms with Crippen molar-refractivity contribution >= 4 is 11.9 Å². The van der Waals surface area contributed by atoms with Crippen LogP contribution in [0.25, 0.3) is 0 Å². The van der Waals surface area contributed by atoms with Gasteiger partial charge in [0.25, 0.3) is 5.91 Å². The van der Waals surface area contributed by atoms with Crippen molar-refractivity contribution in [2.75, 3.05) is 6.54 Å². The molecule has 0 aromatic heterocycles. The molecule has 110 valence electrons. The molecule has 0 saturated heterocycles. The second-order valence-corrected chi connectivity index (χ2v) is 4.78. The standard InChI is InChI=1S/C13H15F2NO4/c1-13(2,11(18)19)7-16-10(17)8-4-3-5-9(6-8)20-12(14)15/h3-6,12H,7H2,1-2H3,(H,16,17)(H,18,19). The number of carbonyl (C=O) groups excluding carboxylic acids is 1. The van der Waals surface area contributed by atoms with Crippen LogP contribution in [0.3, 0.4) is 0 Å². The number of ether oxygens (including phenoxy) is 1. The van der Waals surface area contributed by atoms with E-state index in [0.29, 0.717) is 0 Å². The van der Waals surface area contributed by atoms with Crippen molar-refractivity contribution in [1.82, 2.24) is 5.32 Å². The maximum atomic E-state index is 12.1. The van der Waals surface area contributed by atoms with Crippen molar-refractivity contribution < 1.29 is 28.2 Å². The smallest absolute Gasteiger partial charge is 0.387 e. The first-order chi connectivity index (χ1) is 9.22. The first-order valence-electron chi connectivity index (χ1n) is 5.79. The molecule has 5 nitrogen and oxygen atoms in total. The third-order valence-electron chi connectivity index (χ3n) is 2.59. The molecule has 0 spiro atoms. The zero-order chi connectivity index (χ0) is 15.3. The van der Waals surface area contributed by atoms with Crippen molar-refractivity contribution in [2.45, 2.75) is 20.5 Å². The summed E-state index contributed by atoms with van der Waals surface area (Å²) >= 11 is 0. The van der Waals surface area contributed by atoms with E-state index in [1.165, 1.54) is 32.0 Å². The lowest BCUT2D eigenvalue weighted by molar-refractivity contribution is -0.146. The summed E-state index contributed by atoms with van der Waals surface area (Å²) in [6.07, 6.45) is 0. The van der Waals surface area contributed by atoms with Crippen LogP contribution in [0, 0.1) is 5.41 Å². The molecule has 0 aliphatic heterocycles. The van der Waals surface area contributed by atoms with E-state index in [1.807, 2.05) is 0 Å². The van der Waals surface area contributed by atoms with Crippen LogP contribution < -0.4 is 10.1 Å². The first-order valence-corrected chi connectivity index (χ1v) is 5.79. The van der Waals surface area contributed by atoms with Crippen LogP contribution in [-0.2, 0) is 4.79 Å². The predicted octanol–water partition coefficient (Wildman–Crippen LogP) is 2.13. The van der Waals surface area contributed by atoms with E-state index in [9.17, 15) is 18.4 Å². The van der Waals surface area contributed by atoms with Gasteiger partial charge in [0, 0.05) is 12.1 Å². The normalized spacial score (nSPS) is 11.2. The van der Waals surface area contributed by atoms with Gasteiger partial charge in [-0.3, -0.25) is 9.59 Å². The highest BCUT2D eigenvalue weighted by Gasteiger charge is 2.27. The summed E-state index contributed by atoms with van der Waals surface area (Å²) in [5, 5.41) is 11.4. The molecule has 20 heavy (non-hydrogen) atoms. The summed E-state index contributed by atoms with van der Waals surface area (Å²) in [6, 6.07) is 5.27. The van der Waals surface area contributed by atoms with E-state index < -0.39 is 23.9 Å². The van der Waals surface area contributed by atoms with Crippen LogP contribution in [0.2, 0.25) is 0 Å². The first kappa shape index (κ1) is 15.9. The van der Waals surface area contributed by atoms with Crippen molar-refractivity contribution in [3.63, 3.8) is 0 Å². The fourth-order valence-electron chi connectivity index (χ4n) is 1.29. The van der Waals surface area contributed by atoms with Gasteiger partial charge in [0.2, 0.25) is 0 Å². The van der Waals surface area contributed by atoms with E-state index in [1.54, 1.807) is 0 Å². The van der Waals surface area contributed by atoms with Gasteiger partial charge in [-0.2, -0.15) is 8.78 Å². The van der Waals surface area contributed by atoms with E-state index in [-0.39, 0.29) is 17.9 Å². The van der Waals surface area contributed by atoms with Gasteiger partial charge >= 0.3 is 12.6 Å². The van der Waals surface area contributed by atoms with Gasteiger partial charge in [0.1, 0.15) is 5.75 Å². The molecule has 1 amide bonds. The molecule has 0 fully saturated rings. The Morgan fingerprint density at radius 3 is 2.60 bits per heavy atom. The highest BCUT2D eigenvalue weighted by Crippen LogP contribution is 2.17. The Bertz CT molecular complexity index is 503. The Morgan fingerprint density at radius 2 is 2.05 bits per heavy atom. The van der Waals surface area contributed by atoms with E-state index in [0.717, 1.165) is 6.07 Å². The average molecular weight is 287 g/mol. The number of benzene rings is 1. The molecule has 0 saturated carbocycles. The maximum absolute atomic E-state index is 12.1. The molecular formula is C13H15F2NO4. The van der Waals surface area contributed by atoms with E-state index >= 15 is 0 Å². The quantitative estimate of drug-likeness (QED) is 0.840. The summed E-state index contributed by atoms with van der Waals surface area (Å²) in [4.78, 5) is 22.7. The van der Waals surface area contributed by atoms with Crippen LogP contribution in [-0.4, -0.2) is 30.1 Å². The SMILES string of the molecule is CC(C)(CNC(=O)c1cccc(OC(F)F)c1)C(=O)O. The molecular weight excluding hydrogens is 272 g/mol. The Kier molecular flexibility index (Phi) is 5.01. The zero-order valence-corrected chi connectivity index (χ0v) is 11.0. The number of carbonyl (C=O) groups is 2. The van der Waals surface area contributed by atoms with E-state index in [2.05, 4.69) is 10.1 Å². The number of aliphatic carboxylic acids is 1. The second-order valence-electron chi connectivity index (χ2n) is 4.78. The molecule has 0 atom stereocenters. The van der Waals surface area contributed by atoms with Crippen LogP contribution in [0.5, 0.6) is 5.75 Å². The lowest BCUT2D eigenvalue weighted by Crippen LogP contribution is -2.38. The molecule has 0 aliphatic carbocycles. The number of hydrogen-bond donors (Lipinski definition) is 2. The molecule has 1 aromatic carbocycles. The van der Waals surface area contributed by atoms with Gasteiger partial charge in [-0.25, -0.2) is 0 Å². The number of hydrogen-bond acceptors (Lipinski definition) is 3. The van der Waals surface area contributed by atoms with Crippen molar-refractivity contribution in [3.05, 3.63) is 29.8 Å². The molecule has 0 aliphatic rings. The van der Waals surface area contributed by atoms with Gasteiger partial charge < -0.3 is 15.2 Å². The number of nitrogens with one attached hydrogen (secondary N) is 1. The molecule has 7 heteroatoms. The highest BCUT2D eigenvalue weighted by molar-refractivity contribution is 5.94. The fourth-order valence-corrected chi connectivity index (χ4v) is 1.29. The summed E-state index contributed by atoms with van der Waals surface area (Å²) in [5.41, 5.74) is -1.00. The van der Waals surface area contributed by atoms with Crippen LogP contribution >= 0.6 is 0 Å². The third-order valence-corrected chi connectivity index (χ3v) is 2.59. The van der Waals surface area contributed by atoms with E-state index in [4.69, 9.17) is 5.11 Å². The molecule has 0 unspecified atom stereocenters. The van der Waals surface area contributed by atoms with Crippen molar-refractivity contribution in [1.29, 1.82) is 0 Å². The zero-order valence-electron chi connectivity index (χ0n) is 11.0. The number of amides is 1. The topological polar surface area (TPSA) is 75.6 Å². The minimum absolute atomic E-state index is 0.0822. The Hall–Kier alpha value is -2.18. The maximum Gasteiger partial charge on any atom is 0.387 e. The molecule has 0 bridgehead atoms. The van der Waals surface area contributed by atoms with Gasteiger partial charge in [-0.15, -0.1) is 0 Å². The summed E-state index contributed by atoms with van der Waals surface area (Å²) < 4.78 is 28.3. The highest BCUT2D eigenvalue weighted by atomic mass is 19.3. The Balaban J connectivity index is 2.71. The van der Waals surface area contributed by atoms with Gasteiger partial charge in [-0.1, -0.05) is 6.07 Å². The largest absolute Gasteiger partial charge is 0.481 e. The molecule has 0 radical (unpaired) electrons. The second kappa shape index (κ2) is 6.31. The van der Waals surface area contributed by atoms with Crippen molar-refractivity contribution in [3.8, 4) is 5.75 Å². The minimum atomic E-state index is -2.97. The number of rotatable bonds is 6. The van der Waals surface area contributed by atoms with Crippen LogP contribution in [0.15, 0.2) is 24.3 Å². The van der Waals surface area contributed by atoms with Crippen LogP contribution in [0.1, 0.15) is 24.2 Å². The monoisotopic (exact) mass is 287 g/mol. The number of alkyl halides is 2. The van der Waals surface area contributed by atoms with Crippen molar-refractivity contribution in [2.24, 2.45) is 5.41 Å². The molecule has 1 aromatic rings. The van der Waals surface area contributed by atoms with Crippen LogP contribution in [0.4, 0.5) is 8.78 Å².